The molecule has 0 amide bonds. The Morgan fingerprint density at radius 3 is 2.26 bits per heavy atom. The zero-order valence-corrected chi connectivity index (χ0v) is 24.1. The molecule has 1 saturated heterocycles. The van der Waals surface area contributed by atoms with Crippen molar-refractivity contribution in [2.45, 2.75) is 43.9 Å². The van der Waals surface area contributed by atoms with Crippen molar-refractivity contribution < 1.29 is 54.2 Å². The number of likely N-dealkylation sites (tertiary alicyclic amines) is 1. The number of benzene rings is 2. The van der Waals surface area contributed by atoms with Crippen molar-refractivity contribution >= 4 is 5.97 Å². The molecule has 0 spiro atoms. The molecule has 2 aromatic heterocycles. The summed E-state index contributed by atoms with van der Waals surface area (Å²) < 4.78 is 127. The number of ether oxygens (including phenoxy) is 1. The summed E-state index contributed by atoms with van der Waals surface area (Å²) in [5.41, 5.74) is -2.96. The van der Waals surface area contributed by atoms with Gasteiger partial charge in [0.15, 0.2) is 11.5 Å². The maximum Gasteiger partial charge on any atom is 0.434 e. The van der Waals surface area contributed by atoms with Gasteiger partial charge in [-0.1, -0.05) is 36.4 Å². The Kier molecular flexibility index (Phi) is 9.26. The van der Waals surface area contributed by atoms with Crippen LogP contribution >= 0.6 is 0 Å². The fraction of sp³-hybridized carbons (Fsp3) is 0.323. The van der Waals surface area contributed by atoms with E-state index >= 15 is 0 Å². The van der Waals surface area contributed by atoms with Crippen LogP contribution in [0.3, 0.4) is 0 Å². The van der Waals surface area contributed by atoms with Gasteiger partial charge in [-0.25, -0.2) is 14.5 Å². The van der Waals surface area contributed by atoms with Crippen molar-refractivity contribution in [3.8, 4) is 22.8 Å². The van der Waals surface area contributed by atoms with Crippen LogP contribution < -0.4 is 4.74 Å². The van der Waals surface area contributed by atoms with Crippen molar-refractivity contribution in [1.82, 2.24) is 19.7 Å². The molecule has 250 valence electrons. The van der Waals surface area contributed by atoms with Gasteiger partial charge >= 0.3 is 24.5 Å². The number of halogens is 9. The van der Waals surface area contributed by atoms with Crippen LogP contribution in [0.4, 0.5) is 39.5 Å². The van der Waals surface area contributed by atoms with E-state index in [2.05, 4.69) is 10.1 Å². The molecule has 1 atom stereocenters. The fourth-order valence-electron chi connectivity index (χ4n) is 5.39. The third-order valence-electron chi connectivity index (χ3n) is 7.63. The quantitative estimate of drug-likeness (QED) is 0.182. The first-order valence-electron chi connectivity index (χ1n) is 14.1. The number of pyridine rings is 1. The summed E-state index contributed by atoms with van der Waals surface area (Å²) in [6.45, 7) is 0.526. The van der Waals surface area contributed by atoms with Crippen LogP contribution in [-0.4, -0.2) is 56.6 Å². The smallest absolute Gasteiger partial charge is 0.434 e. The summed E-state index contributed by atoms with van der Waals surface area (Å²) in [6.07, 6.45) is -14.0. The largest absolute Gasteiger partial charge is 0.488 e. The minimum Gasteiger partial charge on any atom is -0.488 e. The Morgan fingerprint density at radius 2 is 1.62 bits per heavy atom. The van der Waals surface area contributed by atoms with Crippen molar-refractivity contribution in [3.63, 3.8) is 0 Å². The number of carbonyl (C=O) groups is 1. The maximum absolute atomic E-state index is 14.1. The predicted molar refractivity (Wildman–Crippen MR) is 149 cm³/mol. The summed E-state index contributed by atoms with van der Waals surface area (Å²) in [5.74, 6) is -3.02. The van der Waals surface area contributed by atoms with Gasteiger partial charge in [-0.2, -0.15) is 44.6 Å². The van der Waals surface area contributed by atoms with Gasteiger partial charge in [0.2, 0.25) is 0 Å². The van der Waals surface area contributed by atoms with Gasteiger partial charge < -0.3 is 14.7 Å². The molecule has 0 saturated carbocycles. The molecule has 4 aromatic rings. The first kappa shape index (κ1) is 33.8. The number of hydrogen-bond donors (Lipinski definition) is 1. The normalized spacial score (nSPS) is 16.1. The van der Waals surface area contributed by atoms with Gasteiger partial charge in [-0.3, -0.25) is 0 Å². The molecule has 2 aromatic carbocycles. The highest BCUT2D eigenvalue weighted by molar-refractivity contribution is 5.89. The number of hydrogen-bond acceptors (Lipinski definition) is 5. The van der Waals surface area contributed by atoms with Crippen LogP contribution in [0.5, 0.6) is 5.75 Å². The van der Waals surface area contributed by atoms with Crippen molar-refractivity contribution in [2.75, 3.05) is 19.6 Å². The molecule has 1 fully saturated rings. The zero-order chi connectivity index (χ0) is 34.1. The molecular formula is C31H25F9N4O3. The van der Waals surface area contributed by atoms with E-state index in [1.807, 2.05) is 0 Å². The molecule has 0 radical (unpaired) electrons. The number of carboxylic acid groups (broad SMARTS) is 1. The number of para-hydroxylation sites is 1. The number of rotatable bonds is 9. The number of nitrogens with zero attached hydrogens (tertiary/aromatic N) is 4. The lowest BCUT2D eigenvalue weighted by atomic mass is 9.97. The minimum atomic E-state index is -5.15. The molecule has 1 aliphatic heterocycles. The second-order valence-corrected chi connectivity index (χ2v) is 10.9. The van der Waals surface area contributed by atoms with E-state index in [0.717, 1.165) is 23.8 Å². The Bertz CT molecular complexity index is 1730. The van der Waals surface area contributed by atoms with Gasteiger partial charge in [-0.15, -0.1) is 0 Å². The van der Waals surface area contributed by atoms with Crippen molar-refractivity contribution in [3.05, 3.63) is 94.8 Å². The summed E-state index contributed by atoms with van der Waals surface area (Å²) in [4.78, 5) is 17.2. The molecule has 47 heavy (non-hydrogen) atoms. The number of alkyl halides is 9. The molecule has 5 rings (SSSR count). The van der Waals surface area contributed by atoms with E-state index in [-0.39, 0.29) is 35.0 Å². The molecule has 0 aliphatic carbocycles. The Morgan fingerprint density at radius 1 is 0.915 bits per heavy atom. The van der Waals surface area contributed by atoms with E-state index in [0.29, 0.717) is 31.3 Å². The first-order chi connectivity index (χ1) is 22.0. The SMILES string of the molecule is O=C(O)c1cnn(-c2cccc(-c3cccc(C(F)(F)F)c3OCc3ccc(C4CCN(CCC(F)(F)F)C4)cc3)n2)c1C(F)(F)F. The average Bonchev–Trinajstić information content (AvgIpc) is 3.67. The Balaban J connectivity index is 1.40. The van der Waals surface area contributed by atoms with E-state index < -0.39 is 59.3 Å². The van der Waals surface area contributed by atoms with Gasteiger partial charge in [-0.05, 0) is 54.3 Å². The van der Waals surface area contributed by atoms with Crippen LogP contribution in [0.25, 0.3) is 17.1 Å². The second-order valence-electron chi connectivity index (χ2n) is 10.9. The minimum absolute atomic E-state index is 0.00617. The molecule has 3 heterocycles. The Hall–Kier alpha value is -4.60. The summed E-state index contributed by atoms with van der Waals surface area (Å²) in [6, 6.07) is 13.5. The molecule has 1 aliphatic rings. The Labute approximate surface area is 261 Å². The van der Waals surface area contributed by atoms with E-state index in [9.17, 15) is 49.4 Å². The van der Waals surface area contributed by atoms with Crippen LogP contribution in [-0.2, 0) is 19.0 Å². The van der Waals surface area contributed by atoms with Crippen LogP contribution in [0.15, 0.2) is 66.9 Å². The van der Waals surface area contributed by atoms with Gasteiger partial charge in [0, 0.05) is 18.7 Å². The van der Waals surface area contributed by atoms with Crippen molar-refractivity contribution in [2.24, 2.45) is 0 Å². The van der Waals surface area contributed by atoms with Crippen LogP contribution in [0.2, 0.25) is 0 Å². The monoisotopic (exact) mass is 672 g/mol. The van der Waals surface area contributed by atoms with Crippen LogP contribution in [0.1, 0.15) is 51.5 Å². The number of carboxylic acids is 1. The number of aromatic carboxylic acids is 1. The summed E-state index contributed by atoms with van der Waals surface area (Å²) in [5, 5.41) is 12.7. The molecular weight excluding hydrogens is 647 g/mol. The molecule has 7 nitrogen and oxygen atoms in total. The lowest BCUT2D eigenvalue weighted by Gasteiger charge is -2.19. The summed E-state index contributed by atoms with van der Waals surface area (Å²) in [7, 11) is 0. The van der Waals surface area contributed by atoms with Gasteiger partial charge in [0.25, 0.3) is 0 Å². The fourth-order valence-corrected chi connectivity index (χ4v) is 5.39. The summed E-state index contributed by atoms with van der Waals surface area (Å²) >= 11 is 0. The first-order valence-corrected chi connectivity index (χ1v) is 14.1. The van der Waals surface area contributed by atoms with Gasteiger partial charge in [0.05, 0.1) is 23.9 Å². The molecule has 1 unspecified atom stereocenters. The topological polar surface area (TPSA) is 80.5 Å². The predicted octanol–water partition coefficient (Wildman–Crippen LogP) is 7.99. The standard InChI is InChI=1S/C31H25F9N4O3/c32-29(33,34)12-14-43-13-11-20(16-43)19-9-7-18(8-10-19)17-47-26-21(3-1-4-23(26)30(35,36)37)24-5-2-6-25(42-24)44-27(31(38,39)40)22(15-41-44)28(45)46/h1-10,15,20H,11-14,16-17H2,(H,45,46). The zero-order valence-electron chi connectivity index (χ0n) is 24.1. The van der Waals surface area contributed by atoms with E-state index in [4.69, 9.17) is 4.74 Å². The third kappa shape index (κ3) is 7.86. The van der Waals surface area contributed by atoms with E-state index in [1.165, 1.54) is 18.2 Å². The maximum atomic E-state index is 14.1. The highest BCUT2D eigenvalue weighted by atomic mass is 19.4. The van der Waals surface area contributed by atoms with E-state index in [1.54, 1.807) is 29.2 Å². The number of aromatic nitrogens is 3. The molecule has 16 heteroatoms. The third-order valence-corrected chi connectivity index (χ3v) is 7.63. The van der Waals surface area contributed by atoms with Gasteiger partial charge in [0.1, 0.15) is 17.9 Å². The second kappa shape index (κ2) is 12.9. The molecule has 1 N–H and O–H groups in total. The molecule has 0 bridgehead atoms. The lowest BCUT2D eigenvalue weighted by Crippen LogP contribution is -2.26. The highest BCUT2D eigenvalue weighted by Gasteiger charge is 2.41. The highest BCUT2D eigenvalue weighted by Crippen LogP contribution is 2.42. The van der Waals surface area contributed by atoms with Crippen LogP contribution in [0, 0.1) is 0 Å². The lowest BCUT2D eigenvalue weighted by molar-refractivity contribution is -0.143. The van der Waals surface area contributed by atoms with Crippen molar-refractivity contribution in [1.29, 1.82) is 0 Å². The average molecular weight is 673 g/mol.